The number of ether oxygens (including phenoxy) is 1. The lowest BCUT2D eigenvalue weighted by Crippen LogP contribution is -2.36. The molecule has 0 atom stereocenters. The molecule has 0 aliphatic heterocycles. The van der Waals surface area contributed by atoms with Gasteiger partial charge in [-0.15, -0.1) is 0 Å². The Labute approximate surface area is 92.7 Å². The first kappa shape index (κ1) is 15.0. The second kappa shape index (κ2) is 7.32. The fourth-order valence-electron chi connectivity index (χ4n) is 1.05. The normalized spacial score (nSPS) is 11.6. The lowest BCUT2D eigenvalue weighted by atomic mass is 10.5. The smallest absolute Gasteiger partial charge is 0.422 e. The van der Waals surface area contributed by atoms with Gasteiger partial charge in [0.1, 0.15) is 0 Å². The van der Waals surface area contributed by atoms with E-state index in [4.69, 9.17) is 0 Å². The molecule has 7 heteroatoms. The lowest BCUT2D eigenvalue weighted by Gasteiger charge is -2.17. The van der Waals surface area contributed by atoms with Crippen LogP contribution in [0.3, 0.4) is 0 Å². The summed E-state index contributed by atoms with van der Waals surface area (Å²) < 4.78 is 38.9. The second-order valence-corrected chi connectivity index (χ2v) is 3.14. The molecule has 96 valence electrons. The molecule has 0 saturated heterocycles. The Morgan fingerprint density at radius 3 is 2.31 bits per heavy atom. The Balaban J connectivity index is 3.58. The second-order valence-electron chi connectivity index (χ2n) is 3.14. The summed E-state index contributed by atoms with van der Waals surface area (Å²) in [5.41, 5.74) is 0. The van der Waals surface area contributed by atoms with E-state index in [-0.39, 0.29) is 6.54 Å². The van der Waals surface area contributed by atoms with Gasteiger partial charge in [-0.1, -0.05) is 13.8 Å². The first-order valence-electron chi connectivity index (χ1n) is 5.08. The van der Waals surface area contributed by atoms with E-state index in [1.165, 1.54) is 0 Å². The van der Waals surface area contributed by atoms with Crippen molar-refractivity contribution < 1.29 is 22.7 Å². The fraction of sp³-hybridized carbons (Fsp3) is 0.889. The van der Waals surface area contributed by atoms with Gasteiger partial charge in [0.2, 0.25) is 0 Å². The molecule has 0 saturated carbocycles. The molecular weight excluding hydrogens is 225 g/mol. The monoisotopic (exact) mass is 242 g/mol. The van der Waals surface area contributed by atoms with Gasteiger partial charge in [0.25, 0.3) is 0 Å². The first-order valence-corrected chi connectivity index (χ1v) is 5.08. The van der Waals surface area contributed by atoms with Gasteiger partial charge in [-0.25, -0.2) is 4.79 Å². The highest BCUT2D eigenvalue weighted by Crippen LogP contribution is 2.14. The standard InChI is InChI=1S/C9H17F3N2O2/c1-3-14(4-2)6-5-13-8(15)16-7-9(10,11)12/h3-7H2,1-2H3,(H,13,15). The molecule has 1 N–H and O–H groups in total. The van der Waals surface area contributed by atoms with Crippen molar-refractivity contribution in [2.45, 2.75) is 20.0 Å². The number of carbonyl (C=O) groups is 1. The molecule has 0 aromatic rings. The third kappa shape index (κ3) is 8.34. The van der Waals surface area contributed by atoms with Crippen LogP contribution in [0.25, 0.3) is 0 Å². The van der Waals surface area contributed by atoms with Gasteiger partial charge in [0, 0.05) is 13.1 Å². The summed E-state index contributed by atoms with van der Waals surface area (Å²) in [6.07, 6.45) is -5.51. The largest absolute Gasteiger partial charge is 0.440 e. The summed E-state index contributed by atoms with van der Waals surface area (Å²) in [6, 6.07) is 0. The molecule has 0 heterocycles. The molecule has 0 rings (SSSR count). The van der Waals surface area contributed by atoms with Crippen molar-refractivity contribution in [3.8, 4) is 0 Å². The maximum atomic E-state index is 11.7. The van der Waals surface area contributed by atoms with Crippen LogP contribution in [-0.2, 0) is 4.74 Å². The maximum Gasteiger partial charge on any atom is 0.422 e. The topological polar surface area (TPSA) is 41.6 Å². The number of nitrogens with one attached hydrogen (secondary N) is 1. The molecule has 4 nitrogen and oxygen atoms in total. The van der Waals surface area contributed by atoms with Gasteiger partial charge in [-0.2, -0.15) is 13.2 Å². The first-order chi connectivity index (χ1) is 7.39. The van der Waals surface area contributed by atoms with Crippen molar-refractivity contribution in [2.75, 3.05) is 32.8 Å². The molecule has 0 fully saturated rings. The lowest BCUT2D eigenvalue weighted by molar-refractivity contribution is -0.160. The van der Waals surface area contributed by atoms with E-state index >= 15 is 0 Å². The average molecular weight is 242 g/mol. The number of carbonyl (C=O) groups excluding carboxylic acids is 1. The highest BCUT2D eigenvalue weighted by atomic mass is 19.4. The minimum Gasteiger partial charge on any atom is -0.440 e. The van der Waals surface area contributed by atoms with Gasteiger partial charge in [-0.3, -0.25) is 0 Å². The zero-order valence-electron chi connectivity index (χ0n) is 9.43. The predicted octanol–water partition coefficient (Wildman–Crippen LogP) is 1.62. The van der Waals surface area contributed by atoms with Crippen LogP contribution in [0.2, 0.25) is 0 Å². The molecule has 16 heavy (non-hydrogen) atoms. The Hall–Kier alpha value is -0.980. The van der Waals surface area contributed by atoms with Crippen LogP contribution in [0.4, 0.5) is 18.0 Å². The fourth-order valence-corrected chi connectivity index (χ4v) is 1.05. The van der Waals surface area contributed by atoms with Crippen LogP contribution in [-0.4, -0.2) is 50.0 Å². The van der Waals surface area contributed by atoms with Crippen molar-refractivity contribution >= 4 is 6.09 Å². The minimum atomic E-state index is -4.48. The maximum absolute atomic E-state index is 11.7. The summed E-state index contributed by atoms with van der Waals surface area (Å²) in [5.74, 6) is 0. The van der Waals surface area contributed by atoms with E-state index in [1.807, 2.05) is 18.7 Å². The van der Waals surface area contributed by atoms with E-state index in [2.05, 4.69) is 10.1 Å². The van der Waals surface area contributed by atoms with Crippen LogP contribution >= 0.6 is 0 Å². The number of alkyl halides is 3. The van der Waals surface area contributed by atoms with Crippen LogP contribution in [0.1, 0.15) is 13.8 Å². The van der Waals surface area contributed by atoms with Crippen LogP contribution in [0.15, 0.2) is 0 Å². The van der Waals surface area contributed by atoms with Gasteiger partial charge in [0.05, 0.1) is 0 Å². The molecule has 0 bridgehead atoms. The Bertz CT molecular complexity index is 205. The molecule has 0 spiro atoms. The zero-order chi connectivity index (χ0) is 12.6. The molecule has 0 aliphatic carbocycles. The van der Waals surface area contributed by atoms with E-state index in [9.17, 15) is 18.0 Å². The molecule has 0 aromatic carbocycles. The van der Waals surface area contributed by atoms with Crippen LogP contribution in [0, 0.1) is 0 Å². The molecule has 0 aliphatic rings. The van der Waals surface area contributed by atoms with Crippen LogP contribution in [0.5, 0.6) is 0 Å². The van der Waals surface area contributed by atoms with Gasteiger partial charge in [0.15, 0.2) is 6.61 Å². The number of hydrogen-bond acceptors (Lipinski definition) is 3. The summed E-state index contributed by atoms with van der Waals surface area (Å²) in [4.78, 5) is 12.8. The Morgan fingerprint density at radius 2 is 1.88 bits per heavy atom. The number of nitrogens with zero attached hydrogens (tertiary/aromatic N) is 1. The van der Waals surface area contributed by atoms with E-state index < -0.39 is 18.9 Å². The number of hydrogen-bond donors (Lipinski definition) is 1. The third-order valence-corrected chi connectivity index (χ3v) is 1.96. The average Bonchev–Trinajstić information content (AvgIpc) is 2.20. The van der Waals surface area contributed by atoms with Gasteiger partial charge in [-0.05, 0) is 13.1 Å². The Morgan fingerprint density at radius 1 is 1.31 bits per heavy atom. The van der Waals surface area contributed by atoms with Gasteiger partial charge < -0.3 is 15.0 Å². The van der Waals surface area contributed by atoms with Gasteiger partial charge >= 0.3 is 12.3 Å². The van der Waals surface area contributed by atoms with Crippen molar-refractivity contribution in [1.29, 1.82) is 0 Å². The molecular formula is C9H17F3N2O2. The highest BCUT2D eigenvalue weighted by Gasteiger charge is 2.29. The number of amides is 1. The number of rotatable bonds is 6. The summed E-state index contributed by atoms with van der Waals surface area (Å²) >= 11 is 0. The van der Waals surface area contributed by atoms with Crippen molar-refractivity contribution in [3.05, 3.63) is 0 Å². The molecule has 1 amide bonds. The number of halogens is 3. The van der Waals surface area contributed by atoms with Crippen LogP contribution < -0.4 is 5.32 Å². The SMILES string of the molecule is CCN(CC)CCNC(=O)OCC(F)(F)F. The number of likely N-dealkylation sites (N-methyl/N-ethyl adjacent to an activating group) is 1. The van der Waals surface area contributed by atoms with Crippen molar-refractivity contribution in [2.24, 2.45) is 0 Å². The van der Waals surface area contributed by atoms with E-state index in [1.54, 1.807) is 0 Å². The zero-order valence-corrected chi connectivity index (χ0v) is 9.43. The summed E-state index contributed by atoms with van der Waals surface area (Å²) in [5, 5.41) is 2.25. The Kier molecular flexibility index (Phi) is 6.87. The van der Waals surface area contributed by atoms with Crippen molar-refractivity contribution in [1.82, 2.24) is 10.2 Å². The molecule has 0 radical (unpaired) electrons. The minimum absolute atomic E-state index is 0.276. The summed E-state index contributed by atoms with van der Waals surface area (Å²) in [7, 11) is 0. The summed E-state index contributed by atoms with van der Waals surface area (Å²) in [6.45, 7) is 4.90. The quantitative estimate of drug-likeness (QED) is 0.769. The van der Waals surface area contributed by atoms with Crippen molar-refractivity contribution in [3.63, 3.8) is 0 Å². The molecule has 0 aromatic heterocycles. The highest BCUT2D eigenvalue weighted by molar-refractivity contribution is 5.67. The van der Waals surface area contributed by atoms with E-state index in [0.29, 0.717) is 6.54 Å². The number of alkyl carbamates (subject to hydrolysis) is 1. The van der Waals surface area contributed by atoms with E-state index in [0.717, 1.165) is 13.1 Å². The predicted molar refractivity (Wildman–Crippen MR) is 53.2 cm³/mol. The third-order valence-electron chi connectivity index (χ3n) is 1.96. The molecule has 0 unspecified atom stereocenters.